The molecule has 0 spiro atoms. The van der Waals surface area contributed by atoms with Crippen molar-refractivity contribution in [1.29, 1.82) is 0 Å². The number of halogens is 1. The van der Waals surface area contributed by atoms with E-state index in [4.69, 9.17) is 14.2 Å². The first-order chi connectivity index (χ1) is 14.0. The van der Waals surface area contributed by atoms with Crippen molar-refractivity contribution >= 4 is 33.6 Å². The number of amides is 2. The monoisotopic (exact) mass is 460 g/mol. The van der Waals surface area contributed by atoms with Gasteiger partial charge in [-0.05, 0) is 70.4 Å². The number of hydrogen-bond donors (Lipinski definition) is 2. The molecular weight excluding hydrogens is 440 g/mol. The van der Waals surface area contributed by atoms with Crippen molar-refractivity contribution in [3.63, 3.8) is 0 Å². The molecule has 7 nitrogen and oxygen atoms in total. The van der Waals surface area contributed by atoms with Gasteiger partial charge >= 0.3 is 12.0 Å². The third-order valence-corrected chi connectivity index (χ3v) is 5.07. The first-order valence-electron chi connectivity index (χ1n) is 8.95. The average molecular weight is 461 g/mol. The molecule has 2 aromatic carbocycles. The zero-order valence-corrected chi connectivity index (χ0v) is 17.8. The molecule has 1 unspecified atom stereocenters. The zero-order valence-electron chi connectivity index (χ0n) is 16.2. The molecule has 152 valence electrons. The minimum absolute atomic E-state index is 0.213. The number of ether oxygens (including phenoxy) is 3. The van der Waals surface area contributed by atoms with Crippen LogP contribution in [0.1, 0.15) is 24.1 Å². The Hall–Kier alpha value is -3.00. The van der Waals surface area contributed by atoms with Crippen LogP contribution >= 0.6 is 15.9 Å². The molecule has 8 heteroatoms. The van der Waals surface area contributed by atoms with E-state index in [9.17, 15) is 9.59 Å². The van der Waals surface area contributed by atoms with Gasteiger partial charge in [-0.25, -0.2) is 9.59 Å². The van der Waals surface area contributed by atoms with Gasteiger partial charge in [0.2, 0.25) is 0 Å². The molecule has 0 aromatic heterocycles. The molecule has 0 radical (unpaired) electrons. The highest BCUT2D eigenvalue weighted by Gasteiger charge is 2.34. The van der Waals surface area contributed by atoms with Crippen molar-refractivity contribution < 1.29 is 23.8 Å². The second kappa shape index (κ2) is 9.00. The predicted octanol–water partition coefficient (Wildman–Crippen LogP) is 3.79. The Morgan fingerprint density at radius 2 is 1.83 bits per heavy atom. The number of esters is 1. The molecule has 1 atom stereocenters. The minimum Gasteiger partial charge on any atom is -0.497 e. The van der Waals surface area contributed by atoms with Crippen LogP contribution in [0.4, 0.5) is 4.79 Å². The highest BCUT2D eigenvalue weighted by Crippen LogP contribution is 2.35. The van der Waals surface area contributed by atoms with E-state index >= 15 is 0 Å². The van der Waals surface area contributed by atoms with E-state index < -0.39 is 18.0 Å². The highest BCUT2D eigenvalue weighted by atomic mass is 79.9. The fraction of sp³-hybridized carbons (Fsp3) is 0.238. The number of benzene rings is 2. The second-order valence-corrected chi connectivity index (χ2v) is 7.02. The van der Waals surface area contributed by atoms with Crippen LogP contribution in [0.2, 0.25) is 0 Å². The van der Waals surface area contributed by atoms with E-state index in [2.05, 4.69) is 26.6 Å². The fourth-order valence-electron chi connectivity index (χ4n) is 3.09. The molecule has 2 amide bonds. The summed E-state index contributed by atoms with van der Waals surface area (Å²) >= 11 is 3.45. The molecule has 1 heterocycles. The van der Waals surface area contributed by atoms with Crippen molar-refractivity contribution in [3.8, 4) is 11.5 Å². The Labute approximate surface area is 177 Å². The number of urea groups is 1. The summed E-state index contributed by atoms with van der Waals surface area (Å²) in [5.41, 5.74) is 2.09. The number of nitrogens with one attached hydrogen (secondary N) is 2. The molecule has 0 aliphatic carbocycles. The molecule has 1 aliphatic heterocycles. The van der Waals surface area contributed by atoms with Gasteiger partial charge in [0.15, 0.2) is 0 Å². The van der Waals surface area contributed by atoms with E-state index in [0.29, 0.717) is 38.4 Å². The maximum Gasteiger partial charge on any atom is 0.338 e. The maximum atomic E-state index is 12.9. The summed E-state index contributed by atoms with van der Waals surface area (Å²) < 4.78 is 16.5. The Bertz CT molecular complexity index is 956. The third kappa shape index (κ3) is 4.37. The number of hydrogen-bond acceptors (Lipinski definition) is 5. The van der Waals surface area contributed by atoms with E-state index in [1.807, 2.05) is 0 Å². The van der Waals surface area contributed by atoms with E-state index in [1.54, 1.807) is 63.6 Å². The van der Waals surface area contributed by atoms with Gasteiger partial charge in [-0.3, -0.25) is 0 Å². The predicted molar refractivity (Wildman–Crippen MR) is 112 cm³/mol. The standard InChI is InChI=1S/C21H21BrN2O5/c1-4-29-20(25)17-18(12-5-8-14(27-2)9-6-12)23-21(26)24-19(17)13-7-10-16(28-3)15(22)11-13/h5-11,19H,4H2,1-3H3,(H2,23,24,26). The number of carbonyl (C=O) groups is 2. The van der Waals surface area contributed by atoms with Gasteiger partial charge in [0.1, 0.15) is 11.5 Å². The van der Waals surface area contributed by atoms with Crippen LogP contribution in [0.15, 0.2) is 52.5 Å². The average Bonchev–Trinajstić information content (AvgIpc) is 2.73. The Morgan fingerprint density at radius 1 is 1.10 bits per heavy atom. The van der Waals surface area contributed by atoms with Crippen LogP contribution in [-0.2, 0) is 9.53 Å². The van der Waals surface area contributed by atoms with E-state index in [0.717, 1.165) is 0 Å². The summed E-state index contributed by atoms with van der Waals surface area (Å²) in [5, 5.41) is 5.56. The first kappa shape index (κ1) is 20.7. The van der Waals surface area contributed by atoms with E-state index in [1.165, 1.54) is 0 Å². The quantitative estimate of drug-likeness (QED) is 0.640. The number of rotatable bonds is 6. The lowest BCUT2D eigenvalue weighted by molar-refractivity contribution is -0.138. The minimum atomic E-state index is -0.692. The van der Waals surface area contributed by atoms with Crippen molar-refractivity contribution in [2.75, 3.05) is 20.8 Å². The lowest BCUT2D eigenvalue weighted by atomic mass is 9.92. The van der Waals surface area contributed by atoms with Gasteiger partial charge in [0.25, 0.3) is 0 Å². The molecule has 0 saturated carbocycles. The summed E-state index contributed by atoms with van der Waals surface area (Å²) in [6.45, 7) is 1.95. The maximum absolute atomic E-state index is 12.9. The Kier molecular flexibility index (Phi) is 6.43. The van der Waals surface area contributed by atoms with Gasteiger partial charge in [-0.2, -0.15) is 0 Å². The van der Waals surface area contributed by atoms with Crippen LogP contribution in [0.5, 0.6) is 11.5 Å². The molecule has 2 aromatic rings. The van der Waals surface area contributed by atoms with Crippen molar-refractivity contribution in [3.05, 3.63) is 63.6 Å². The van der Waals surface area contributed by atoms with Crippen molar-refractivity contribution in [2.45, 2.75) is 13.0 Å². The Morgan fingerprint density at radius 3 is 2.41 bits per heavy atom. The molecule has 0 bridgehead atoms. The SMILES string of the molecule is CCOC(=O)C1=C(c2ccc(OC)cc2)NC(=O)NC1c1ccc(OC)c(Br)c1. The summed E-state index contributed by atoms with van der Waals surface area (Å²) in [6, 6.07) is 11.3. The molecule has 29 heavy (non-hydrogen) atoms. The fourth-order valence-corrected chi connectivity index (χ4v) is 3.65. The summed E-state index contributed by atoms with van der Waals surface area (Å²) in [4.78, 5) is 25.3. The molecule has 2 N–H and O–H groups in total. The summed E-state index contributed by atoms with van der Waals surface area (Å²) in [7, 11) is 3.14. The van der Waals surface area contributed by atoms with Crippen LogP contribution in [0, 0.1) is 0 Å². The van der Waals surface area contributed by atoms with Crippen LogP contribution in [0.25, 0.3) is 5.70 Å². The second-order valence-electron chi connectivity index (χ2n) is 6.16. The number of methoxy groups -OCH3 is 2. The van der Waals surface area contributed by atoms with Crippen LogP contribution in [-0.4, -0.2) is 32.8 Å². The first-order valence-corrected chi connectivity index (χ1v) is 9.74. The lowest BCUT2D eigenvalue weighted by Crippen LogP contribution is -2.45. The largest absolute Gasteiger partial charge is 0.497 e. The van der Waals surface area contributed by atoms with Crippen LogP contribution in [0.3, 0.4) is 0 Å². The normalized spacial score (nSPS) is 16.0. The van der Waals surface area contributed by atoms with Crippen LogP contribution < -0.4 is 20.1 Å². The van der Waals surface area contributed by atoms with Gasteiger partial charge in [0, 0.05) is 0 Å². The summed E-state index contributed by atoms with van der Waals surface area (Å²) in [5.74, 6) is 0.803. The van der Waals surface area contributed by atoms with Crippen molar-refractivity contribution in [2.24, 2.45) is 0 Å². The number of carbonyl (C=O) groups excluding carboxylic acids is 2. The Balaban J connectivity index is 2.15. The van der Waals surface area contributed by atoms with Gasteiger partial charge in [-0.1, -0.05) is 6.07 Å². The topological polar surface area (TPSA) is 85.9 Å². The van der Waals surface area contributed by atoms with Crippen molar-refractivity contribution in [1.82, 2.24) is 10.6 Å². The smallest absolute Gasteiger partial charge is 0.338 e. The molecule has 1 aliphatic rings. The third-order valence-electron chi connectivity index (χ3n) is 4.46. The van der Waals surface area contributed by atoms with Gasteiger partial charge < -0.3 is 24.8 Å². The lowest BCUT2D eigenvalue weighted by Gasteiger charge is -2.29. The molecule has 3 rings (SSSR count). The van der Waals surface area contributed by atoms with Gasteiger partial charge in [0.05, 0.1) is 42.6 Å². The molecule has 0 saturated heterocycles. The molecule has 0 fully saturated rings. The summed E-state index contributed by atoms with van der Waals surface area (Å²) in [6.07, 6.45) is 0. The molecular formula is C21H21BrN2O5. The zero-order chi connectivity index (χ0) is 21.0. The highest BCUT2D eigenvalue weighted by molar-refractivity contribution is 9.10. The van der Waals surface area contributed by atoms with E-state index in [-0.39, 0.29) is 6.61 Å². The van der Waals surface area contributed by atoms with Gasteiger partial charge in [-0.15, -0.1) is 0 Å².